The molecule has 0 spiro atoms. The van der Waals surface area contributed by atoms with Gasteiger partial charge in [-0.1, -0.05) is 30.3 Å². The van der Waals surface area contributed by atoms with E-state index < -0.39 is 0 Å². The molecule has 0 saturated heterocycles. The van der Waals surface area contributed by atoms with Gasteiger partial charge in [0.2, 0.25) is 0 Å². The summed E-state index contributed by atoms with van der Waals surface area (Å²) < 4.78 is 13.7. The highest BCUT2D eigenvalue weighted by molar-refractivity contribution is 5.40. The van der Waals surface area contributed by atoms with Gasteiger partial charge < -0.3 is 5.73 Å². The molecule has 3 heteroatoms. The second-order valence-electron chi connectivity index (χ2n) is 4.76. The minimum Gasteiger partial charge on any atom is -0.399 e. The Kier molecular flexibility index (Phi) is 2.76. The second-order valence-corrected chi connectivity index (χ2v) is 4.76. The van der Waals surface area contributed by atoms with Crippen molar-refractivity contribution in [1.29, 1.82) is 0 Å². The van der Waals surface area contributed by atoms with Crippen molar-refractivity contribution in [3.8, 4) is 0 Å². The van der Waals surface area contributed by atoms with E-state index in [1.807, 2.05) is 12.1 Å². The third kappa shape index (κ3) is 2.09. The van der Waals surface area contributed by atoms with Gasteiger partial charge in [-0.15, -0.1) is 0 Å². The summed E-state index contributed by atoms with van der Waals surface area (Å²) in [6, 6.07) is 13.3. The zero-order chi connectivity index (χ0) is 12.5. The molecule has 0 fully saturated rings. The Morgan fingerprint density at radius 1 is 1.06 bits per heavy atom. The number of halogens is 1. The summed E-state index contributed by atoms with van der Waals surface area (Å²) in [4.78, 5) is 2.24. The molecule has 18 heavy (non-hydrogen) atoms. The average Bonchev–Trinajstić information content (AvgIpc) is 2.75. The first-order valence-corrected chi connectivity index (χ1v) is 6.05. The molecule has 0 aromatic heterocycles. The molecule has 1 aliphatic heterocycles. The van der Waals surface area contributed by atoms with E-state index in [1.54, 1.807) is 12.1 Å². The third-order valence-corrected chi connectivity index (χ3v) is 3.38. The lowest BCUT2D eigenvalue weighted by atomic mass is 10.1. The Hall–Kier alpha value is -1.87. The van der Waals surface area contributed by atoms with E-state index in [9.17, 15) is 4.39 Å². The van der Waals surface area contributed by atoms with Crippen LogP contribution in [0.2, 0.25) is 0 Å². The number of nitrogens with zero attached hydrogens (tertiary/aromatic N) is 1. The van der Waals surface area contributed by atoms with Crippen molar-refractivity contribution in [1.82, 2.24) is 4.90 Å². The molecule has 2 N–H and O–H groups in total. The number of fused-ring (bicyclic) bond motifs is 1. The molecule has 1 heterocycles. The first-order valence-electron chi connectivity index (χ1n) is 6.05. The van der Waals surface area contributed by atoms with E-state index >= 15 is 0 Å². The number of hydrogen-bond donors (Lipinski definition) is 1. The molecule has 0 bridgehead atoms. The maximum absolute atomic E-state index is 13.7. The van der Waals surface area contributed by atoms with Crippen molar-refractivity contribution in [3.63, 3.8) is 0 Å². The molecular formula is C15H15FN2. The van der Waals surface area contributed by atoms with Gasteiger partial charge in [0.05, 0.1) is 0 Å². The van der Waals surface area contributed by atoms with Crippen molar-refractivity contribution in [3.05, 3.63) is 65.0 Å². The normalized spacial score (nSPS) is 14.7. The summed E-state index contributed by atoms with van der Waals surface area (Å²) >= 11 is 0. The summed E-state index contributed by atoms with van der Waals surface area (Å²) in [6.07, 6.45) is 0. The zero-order valence-electron chi connectivity index (χ0n) is 10.1. The van der Waals surface area contributed by atoms with Crippen LogP contribution < -0.4 is 5.73 Å². The van der Waals surface area contributed by atoms with E-state index in [0.29, 0.717) is 17.8 Å². The number of rotatable bonds is 2. The van der Waals surface area contributed by atoms with Gasteiger partial charge in [-0.25, -0.2) is 4.39 Å². The highest BCUT2D eigenvalue weighted by Gasteiger charge is 2.19. The Morgan fingerprint density at radius 3 is 2.33 bits per heavy atom. The SMILES string of the molecule is Nc1ccc(CN2Cc3ccccc3C2)c(F)c1. The minimum absolute atomic E-state index is 0.217. The van der Waals surface area contributed by atoms with Crippen LogP contribution in [-0.2, 0) is 19.6 Å². The minimum atomic E-state index is -0.217. The van der Waals surface area contributed by atoms with Crippen molar-refractivity contribution in [2.24, 2.45) is 0 Å². The van der Waals surface area contributed by atoms with Gasteiger partial charge in [0.25, 0.3) is 0 Å². The van der Waals surface area contributed by atoms with Gasteiger partial charge in [0.1, 0.15) is 5.82 Å². The van der Waals surface area contributed by atoms with E-state index in [1.165, 1.54) is 17.2 Å². The Morgan fingerprint density at radius 2 is 1.72 bits per heavy atom. The fourth-order valence-electron chi connectivity index (χ4n) is 2.45. The molecule has 0 amide bonds. The number of nitrogens with two attached hydrogens (primary N) is 1. The van der Waals surface area contributed by atoms with Crippen molar-refractivity contribution >= 4 is 5.69 Å². The van der Waals surface area contributed by atoms with Gasteiger partial charge in [-0.05, 0) is 23.3 Å². The zero-order valence-corrected chi connectivity index (χ0v) is 10.1. The van der Waals surface area contributed by atoms with E-state index in [0.717, 1.165) is 13.1 Å². The second kappa shape index (κ2) is 4.42. The lowest BCUT2D eigenvalue weighted by Crippen LogP contribution is -2.16. The fraction of sp³-hybridized carbons (Fsp3) is 0.200. The standard InChI is InChI=1S/C15H15FN2/c16-15-7-14(17)6-5-13(15)10-18-8-11-3-1-2-4-12(11)9-18/h1-7H,8-10,17H2. The van der Waals surface area contributed by atoms with E-state index in [4.69, 9.17) is 5.73 Å². The van der Waals surface area contributed by atoms with Crippen LogP contribution in [0, 0.1) is 5.82 Å². The average molecular weight is 242 g/mol. The quantitative estimate of drug-likeness (QED) is 0.820. The van der Waals surface area contributed by atoms with Crippen LogP contribution in [0.4, 0.5) is 10.1 Å². The summed E-state index contributed by atoms with van der Waals surface area (Å²) in [7, 11) is 0. The lowest BCUT2D eigenvalue weighted by molar-refractivity contribution is 0.271. The molecule has 3 rings (SSSR count). The molecule has 0 radical (unpaired) electrons. The molecule has 2 aromatic carbocycles. The molecule has 0 saturated carbocycles. The summed E-state index contributed by atoms with van der Waals surface area (Å²) in [5.41, 5.74) is 9.41. The van der Waals surface area contributed by atoms with Crippen LogP contribution >= 0.6 is 0 Å². The molecule has 1 aliphatic rings. The van der Waals surface area contributed by atoms with Gasteiger partial charge in [0, 0.05) is 30.9 Å². The fourth-order valence-corrected chi connectivity index (χ4v) is 2.45. The van der Waals surface area contributed by atoms with Crippen molar-refractivity contribution in [2.75, 3.05) is 5.73 Å². The molecule has 2 nitrogen and oxygen atoms in total. The Balaban J connectivity index is 1.76. The smallest absolute Gasteiger partial charge is 0.129 e. The number of benzene rings is 2. The Bertz CT molecular complexity index is 555. The van der Waals surface area contributed by atoms with Gasteiger partial charge in [-0.3, -0.25) is 4.90 Å². The highest BCUT2D eigenvalue weighted by atomic mass is 19.1. The van der Waals surface area contributed by atoms with Crippen LogP contribution in [0.3, 0.4) is 0 Å². The van der Waals surface area contributed by atoms with Crippen LogP contribution in [0.1, 0.15) is 16.7 Å². The summed E-state index contributed by atoms with van der Waals surface area (Å²) in [5, 5.41) is 0. The Labute approximate surface area is 106 Å². The van der Waals surface area contributed by atoms with Crippen LogP contribution in [0.15, 0.2) is 42.5 Å². The third-order valence-electron chi connectivity index (χ3n) is 3.38. The largest absolute Gasteiger partial charge is 0.399 e. The first kappa shape index (κ1) is 11.2. The predicted molar refractivity (Wildman–Crippen MR) is 70.2 cm³/mol. The van der Waals surface area contributed by atoms with E-state index in [-0.39, 0.29) is 5.82 Å². The molecule has 0 atom stereocenters. The number of hydrogen-bond acceptors (Lipinski definition) is 2. The van der Waals surface area contributed by atoms with Crippen LogP contribution in [0.25, 0.3) is 0 Å². The van der Waals surface area contributed by atoms with Gasteiger partial charge in [0.15, 0.2) is 0 Å². The number of nitrogen functional groups attached to an aromatic ring is 1. The predicted octanol–water partition coefficient (Wildman–Crippen LogP) is 2.92. The van der Waals surface area contributed by atoms with Crippen molar-refractivity contribution in [2.45, 2.75) is 19.6 Å². The van der Waals surface area contributed by atoms with E-state index in [2.05, 4.69) is 17.0 Å². The number of anilines is 1. The van der Waals surface area contributed by atoms with Crippen LogP contribution in [0.5, 0.6) is 0 Å². The molecule has 0 unspecified atom stereocenters. The molecule has 2 aromatic rings. The topological polar surface area (TPSA) is 29.3 Å². The maximum Gasteiger partial charge on any atom is 0.129 e. The summed E-state index contributed by atoms with van der Waals surface area (Å²) in [5.74, 6) is -0.217. The van der Waals surface area contributed by atoms with Gasteiger partial charge >= 0.3 is 0 Å². The maximum atomic E-state index is 13.7. The molecule has 92 valence electrons. The highest BCUT2D eigenvalue weighted by Crippen LogP contribution is 2.24. The first-order chi connectivity index (χ1) is 8.72. The monoisotopic (exact) mass is 242 g/mol. The molecular weight excluding hydrogens is 227 g/mol. The van der Waals surface area contributed by atoms with Gasteiger partial charge in [-0.2, -0.15) is 0 Å². The molecule has 0 aliphatic carbocycles. The van der Waals surface area contributed by atoms with Crippen molar-refractivity contribution < 1.29 is 4.39 Å². The summed E-state index contributed by atoms with van der Waals surface area (Å²) in [6.45, 7) is 2.40. The van der Waals surface area contributed by atoms with Crippen LogP contribution in [-0.4, -0.2) is 4.90 Å². The lowest BCUT2D eigenvalue weighted by Gasteiger charge is -2.15.